The van der Waals surface area contributed by atoms with Gasteiger partial charge in [-0.05, 0) is 25.5 Å². The fourth-order valence-electron chi connectivity index (χ4n) is 2.39. The van der Waals surface area contributed by atoms with E-state index in [9.17, 15) is 9.59 Å². The van der Waals surface area contributed by atoms with Gasteiger partial charge >= 0.3 is 12.1 Å². The summed E-state index contributed by atoms with van der Waals surface area (Å²) in [6.45, 7) is 5.59. The van der Waals surface area contributed by atoms with Gasteiger partial charge in [0, 0.05) is 38.9 Å². The molecule has 2 heterocycles. The number of hydrogen-bond donors (Lipinski definition) is 1. The molecule has 0 aromatic carbocycles. The fraction of sp³-hybridized carbons (Fsp3) is 0.533. The molecule has 0 atom stereocenters. The van der Waals surface area contributed by atoms with Crippen LogP contribution in [-0.2, 0) is 11.3 Å². The van der Waals surface area contributed by atoms with E-state index in [1.807, 2.05) is 18.2 Å². The number of rotatable bonds is 3. The molecule has 3 amide bonds. The molecule has 22 heavy (non-hydrogen) atoms. The lowest BCUT2D eigenvalue weighted by molar-refractivity contribution is 0.146. The molecule has 1 fully saturated rings. The number of aromatic nitrogens is 1. The number of nitrogens with zero attached hydrogens (tertiary/aromatic N) is 3. The minimum Gasteiger partial charge on any atom is -0.450 e. The smallest absolute Gasteiger partial charge is 0.415 e. The quantitative estimate of drug-likeness (QED) is 0.915. The van der Waals surface area contributed by atoms with Crippen molar-refractivity contribution in [2.45, 2.75) is 19.9 Å². The molecule has 0 spiro atoms. The Morgan fingerprint density at radius 1 is 1.27 bits per heavy atom. The Morgan fingerprint density at radius 3 is 2.86 bits per heavy atom. The molecule has 1 saturated heterocycles. The Hall–Kier alpha value is -2.15. The van der Waals surface area contributed by atoms with E-state index in [-0.39, 0.29) is 6.61 Å². The molecule has 0 saturated carbocycles. The first-order valence-corrected chi connectivity index (χ1v) is 7.54. The van der Waals surface area contributed by atoms with Crippen LogP contribution in [0.3, 0.4) is 0 Å². The lowest BCUT2D eigenvalue weighted by atomic mass is 10.3. The zero-order valence-corrected chi connectivity index (χ0v) is 12.8. The van der Waals surface area contributed by atoms with Crippen LogP contribution >= 0.6 is 0 Å². The molecule has 120 valence electrons. The lowest BCUT2D eigenvalue weighted by Crippen LogP contribution is -2.44. The van der Waals surface area contributed by atoms with E-state index in [2.05, 4.69) is 15.2 Å². The van der Waals surface area contributed by atoms with Gasteiger partial charge in [0.25, 0.3) is 0 Å². The molecule has 1 aromatic heterocycles. The third-order valence-corrected chi connectivity index (χ3v) is 3.47. The minimum atomic E-state index is -0.693. The van der Waals surface area contributed by atoms with Gasteiger partial charge in [0.2, 0.25) is 0 Å². The summed E-state index contributed by atoms with van der Waals surface area (Å²) in [6.07, 6.45) is 1.96. The zero-order valence-electron chi connectivity index (χ0n) is 12.8. The maximum absolute atomic E-state index is 12.0. The number of imide groups is 1. The van der Waals surface area contributed by atoms with Gasteiger partial charge in [-0.25, -0.2) is 14.9 Å². The Labute approximate surface area is 130 Å². The fourth-order valence-corrected chi connectivity index (χ4v) is 2.39. The molecule has 1 N–H and O–H groups in total. The highest BCUT2D eigenvalue weighted by Gasteiger charge is 2.21. The van der Waals surface area contributed by atoms with Crippen molar-refractivity contribution in [3.05, 3.63) is 30.1 Å². The van der Waals surface area contributed by atoms with Crippen LogP contribution in [0.4, 0.5) is 9.59 Å². The Bertz CT molecular complexity index is 495. The van der Waals surface area contributed by atoms with Crippen LogP contribution < -0.4 is 5.32 Å². The van der Waals surface area contributed by atoms with Gasteiger partial charge in [0.15, 0.2) is 0 Å². The number of hydrogen-bond acceptors (Lipinski definition) is 5. The predicted octanol–water partition coefficient (Wildman–Crippen LogP) is 1.46. The zero-order chi connectivity index (χ0) is 15.8. The monoisotopic (exact) mass is 306 g/mol. The summed E-state index contributed by atoms with van der Waals surface area (Å²) >= 11 is 0. The van der Waals surface area contributed by atoms with Crippen molar-refractivity contribution in [3.8, 4) is 0 Å². The third kappa shape index (κ3) is 5.00. The van der Waals surface area contributed by atoms with Gasteiger partial charge in [-0.2, -0.15) is 0 Å². The summed E-state index contributed by atoms with van der Waals surface area (Å²) in [5, 5.41) is 2.24. The Morgan fingerprint density at radius 2 is 2.14 bits per heavy atom. The van der Waals surface area contributed by atoms with Crippen LogP contribution in [-0.4, -0.2) is 59.7 Å². The molecule has 0 bridgehead atoms. The third-order valence-electron chi connectivity index (χ3n) is 3.47. The van der Waals surface area contributed by atoms with Crippen LogP contribution in [0.2, 0.25) is 0 Å². The number of urea groups is 1. The SMILES string of the molecule is CCOC(=O)NC(=O)N1CCCN(Cc2ccccn2)CC1. The summed E-state index contributed by atoms with van der Waals surface area (Å²) in [5.41, 5.74) is 1.02. The van der Waals surface area contributed by atoms with Gasteiger partial charge in [-0.3, -0.25) is 9.88 Å². The molecule has 0 radical (unpaired) electrons. The van der Waals surface area contributed by atoms with Crippen molar-refractivity contribution in [1.29, 1.82) is 0 Å². The molecule has 7 heteroatoms. The average Bonchev–Trinajstić information content (AvgIpc) is 2.74. The highest BCUT2D eigenvalue weighted by Crippen LogP contribution is 2.07. The maximum Gasteiger partial charge on any atom is 0.415 e. The van der Waals surface area contributed by atoms with E-state index in [1.54, 1.807) is 18.0 Å². The van der Waals surface area contributed by atoms with E-state index in [4.69, 9.17) is 4.74 Å². The molecule has 1 aliphatic rings. The summed E-state index contributed by atoms with van der Waals surface area (Å²) in [5.74, 6) is 0. The second kappa shape index (κ2) is 8.33. The van der Waals surface area contributed by atoms with Crippen LogP contribution in [0, 0.1) is 0 Å². The molecular formula is C15H22N4O3. The lowest BCUT2D eigenvalue weighted by Gasteiger charge is -2.21. The number of pyridine rings is 1. The molecule has 1 aliphatic heterocycles. The number of alkyl carbamates (subject to hydrolysis) is 1. The van der Waals surface area contributed by atoms with Gasteiger partial charge in [-0.1, -0.05) is 6.07 Å². The van der Waals surface area contributed by atoms with Crippen molar-refractivity contribution >= 4 is 12.1 Å². The largest absolute Gasteiger partial charge is 0.450 e. The molecule has 2 rings (SSSR count). The van der Waals surface area contributed by atoms with E-state index in [0.717, 1.165) is 31.7 Å². The van der Waals surface area contributed by atoms with Crippen LogP contribution in [0.5, 0.6) is 0 Å². The maximum atomic E-state index is 12.0. The molecule has 1 aromatic rings. The number of amides is 3. The van der Waals surface area contributed by atoms with Gasteiger partial charge in [0.05, 0.1) is 12.3 Å². The van der Waals surface area contributed by atoms with E-state index >= 15 is 0 Å². The van der Waals surface area contributed by atoms with Crippen molar-refractivity contribution in [2.75, 3.05) is 32.8 Å². The van der Waals surface area contributed by atoms with Crippen molar-refractivity contribution in [1.82, 2.24) is 20.1 Å². The van der Waals surface area contributed by atoms with Crippen molar-refractivity contribution in [3.63, 3.8) is 0 Å². The Kier molecular flexibility index (Phi) is 6.14. The van der Waals surface area contributed by atoms with Gasteiger partial charge in [-0.15, -0.1) is 0 Å². The molecule has 0 unspecified atom stereocenters. The topological polar surface area (TPSA) is 74.8 Å². The molecular weight excluding hydrogens is 284 g/mol. The standard InChI is InChI=1S/C15H22N4O3/c1-2-22-15(21)17-14(20)19-9-5-8-18(10-11-19)12-13-6-3-4-7-16-13/h3-4,6-7H,2,5,8-12H2,1H3,(H,17,20,21). The van der Waals surface area contributed by atoms with Gasteiger partial charge < -0.3 is 9.64 Å². The van der Waals surface area contributed by atoms with Crippen LogP contribution in [0.1, 0.15) is 19.0 Å². The first-order chi connectivity index (χ1) is 10.7. The van der Waals surface area contributed by atoms with Crippen molar-refractivity contribution in [2.24, 2.45) is 0 Å². The Balaban J connectivity index is 1.82. The second-order valence-corrected chi connectivity index (χ2v) is 5.09. The van der Waals surface area contributed by atoms with Crippen LogP contribution in [0.15, 0.2) is 24.4 Å². The predicted molar refractivity (Wildman–Crippen MR) is 81.3 cm³/mol. The van der Waals surface area contributed by atoms with Crippen LogP contribution in [0.25, 0.3) is 0 Å². The average molecular weight is 306 g/mol. The summed E-state index contributed by atoms with van der Waals surface area (Å²) < 4.78 is 4.72. The van der Waals surface area contributed by atoms with Gasteiger partial charge in [0.1, 0.15) is 0 Å². The second-order valence-electron chi connectivity index (χ2n) is 5.09. The summed E-state index contributed by atoms with van der Waals surface area (Å²) in [6, 6.07) is 5.47. The number of carbonyl (C=O) groups is 2. The van der Waals surface area contributed by atoms with E-state index in [1.165, 1.54) is 0 Å². The normalized spacial score (nSPS) is 16.0. The summed E-state index contributed by atoms with van der Waals surface area (Å²) in [7, 11) is 0. The molecule has 0 aliphatic carbocycles. The number of carbonyl (C=O) groups excluding carboxylic acids is 2. The first-order valence-electron chi connectivity index (χ1n) is 7.54. The van der Waals surface area contributed by atoms with E-state index < -0.39 is 12.1 Å². The first kappa shape index (κ1) is 16.2. The number of nitrogens with one attached hydrogen (secondary N) is 1. The highest BCUT2D eigenvalue weighted by atomic mass is 16.5. The number of ether oxygens (including phenoxy) is 1. The summed E-state index contributed by atoms with van der Waals surface area (Å²) in [4.78, 5) is 31.5. The minimum absolute atomic E-state index is 0.247. The van der Waals surface area contributed by atoms with Crippen molar-refractivity contribution < 1.29 is 14.3 Å². The highest BCUT2D eigenvalue weighted by molar-refractivity contribution is 5.90. The molecule has 7 nitrogen and oxygen atoms in total. The van der Waals surface area contributed by atoms with E-state index in [0.29, 0.717) is 13.1 Å².